The number of hydrogen-bond donors (Lipinski definition) is 0. The van der Waals surface area contributed by atoms with Gasteiger partial charge in [-0.3, -0.25) is 4.79 Å². The normalized spacial score (nSPS) is 30.6. The molecule has 1 aromatic rings. The molecule has 1 saturated carbocycles. The summed E-state index contributed by atoms with van der Waals surface area (Å²) in [6, 6.07) is 0.719. The smallest absolute Gasteiger partial charge is 0.224 e. The number of nitrogens with zero attached hydrogens (tertiary/aromatic N) is 3. The van der Waals surface area contributed by atoms with Crippen LogP contribution in [0.5, 0.6) is 5.88 Å². The molecule has 168 valence electrons. The second kappa shape index (κ2) is 8.31. The van der Waals surface area contributed by atoms with Crippen molar-refractivity contribution in [3.05, 3.63) is 23.2 Å². The van der Waals surface area contributed by atoms with Crippen molar-refractivity contribution < 1.29 is 9.53 Å². The Morgan fingerprint density at radius 2 is 1.84 bits per heavy atom. The number of hydrogen-bond acceptors (Lipinski definition) is 5. The number of Topliss-reactive ketones (excluding diaryl/α,β-unsaturated/α-hetero) is 1. The van der Waals surface area contributed by atoms with E-state index >= 15 is 0 Å². The second-order valence-corrected chi connectivity index (χ2v) is 11.1. The highest BCUT2D eigenvalue weighted by atomic mass is 16.5. The molecule has 0 unspecified atom stereocenters. The van der Waals surface area contributed by atoms with Gasteiger partial charge >= 0.3 is 0 Å². The lowest BCUT2D eigenvalue weighted by atomic mass is 9.81. The molecule has 3 aliphatic carbocycles. The van der Waals surface area contributed by atoms with Gasteiger partial charge in [0.25, 0.3) is 0 Å². The van der Waals surface area contributed by atoms with E-state index in [2.05, 4.69) is 28.7 Å². The Balaban J connectivity index is 1.23. The van der Waals surface area contributed by atoms with E-state index in [0.717, 1.165) is 61.7 Å². The zero-order valence-corrected chi connectivity index (χ0v) is 19.5. The monoisotopic (exact) mass is 423 g/mol. The Kier molecular flexibility index (Phi) is 5.66. The van der Waals surface area contributed by atoms with Crippen molar-refractivity contribution >= 4 is 11.4 Å². The molecule has 5 heteroatoms. The van der Waals surface area contributed by atoms with Crippen molar-refractivity contribution in [3.63, 3.8) is 0 Å². The van der Waals surface area contributed by atoms with Crippen LogP contribution in [-0.2, 0) is 11.2 Å². The van der Waals surface area contributed by atoms with E-state index in [4.69, 9.17) is 4.74 Å². The van der Waals surface area contributed by atoms with Crippen molar-refractivity contribution in [2.24, 2.45) is 11.3 Å². The summed E-state index contributed by atoms with van der Waals surface area (Å²) >= 11 is 0. The number of rotatable bonds is 4. The third-order valence-electron chi connectivity index (χ3n) is 8.41. The molecule has 5 nitrogen and oxygen atoms in total. The van der Waals surface area contributed by atoms with Gasteiger partial charge in [0.15, 0.2) is 0 Å². The fraction of sp³-hybridized carbons (Fsp3) is 0.731. The first-order valence-electron chi connectivity index (χ1n) is 12.4. The van der Waals surface area contributed by atoms with E-state index < -0.39 is 0 Å². The number of piperidine rings is 1. The van der Waals surface area contributed by atoms with Gasteiger partial charge < -0.3 is 9.64 Å². The number of ether oxygens (including phenoxy) is 1. The summed E-state index contributed by atoms with van der Waals surface area (Å²) in [6.07, 6.45) is 12.9. The molecular weight excluding hydrogens is 386 g/mol. The predicted octanol–water partition coefficient (Wildman–Crippen LogP) is 4.99. The number of allylic oxidation sites excluding steroid dienone is 2. The molecule has 1 aliphatic heterocycles. The SMILES string of the molecule is CC(=O)[C@H]1CCC2=C(C1)c1c(ncnc1OC1CCC(N3CCC(C)(C)CC3)CC1)C2. The fourth-order valence-electron chi connectivity index (χ4n) is 6.13. The molecule has 2 fully saturated rings. The third-order valence-corrected chi connectivity index (χ3v) is 8.41. The van der Waals surface area contributed by atoms with Crippen LogP contribution < -0.4 is 4.74 Å². The van der Waals surface area contributed by atoms with Crippen LogP contribution in [0.25, 0.3) is 5.57 Å². The highest BCUT2D eigenvalue weighted by Gasteiger charge is 2.35. The topological polar surface area (TPSA) is 55.3 Å². The van der Waals surface area contributed by atoms with Crippen LogP contribution in [0.2, 0.25) is 0 Å². The summed E-state index contributed by atoms with van der Waals surface area (Å²) in [5, 5.41) is 0. The van der Waals surface area contributed by atoms with Crippen LogP contribution in [0.15, 0.2) is 11.9 Å². The molecule has 1 saturated heterocycles. The molecule has 5 rings (SSSR count). The summed E-state index contributed by atoms with van der Waals surface area (Å²) in [5.41, 5.74) is 5.49. The Bertz CT molecular complexity index is 873. The zero-order valence-electron chi connectivity index (χ0n) is 19.5. The summed E-state index contributed by atoms with van der Waals surface area (Å²) in [7, 11) is 0. The number of aromatic nitrogens is 2. The molecule has 2 heterocycles. The van der Waals surface area contributed by atoms with Gasteiger partial charge in [0.1, 0.15) is 18.2 Å². The Morgan fingerprint density at radius 3 is 2.55 bits per heavy atom. The Labute approximate surface area is 186 Å². The van der Waals surface area contributed by atoms with Gasteiger partial charge in [0.2, 0.25) is 5.88 Å². The molecular formula is C26H37N3O2. The van der Waals surface area contributed by atoms with Crippen molar-refractivity contribution in [1.29, 1.82) is 0 Å². The van der Waals surface area contributed by atoms with E-state index in [0.29, 0.717) is 11.2 Å². The fourth-order valence-corrected chi connectivity index (χ4v) is 6.13. The lowest BCUT2D eigenvalue weighted by Crippen LogP contribution is -2.46. The Hall–Kier alpha value is -1.75. The van der Waals surface area contributed by atoms with E-state index in [1.54, 1.807) is 13.3 Å². The molecule has 4 aliphatic rings. The third kappa shape index (κ3) is 4.30. The molecule has 0 amide bonds. The number of ketones is 1. The average Bonchev–Trinajstić information content (AvgIpc) is 3.13. The largest absolute Gasteiger partial charge is 0.474 e. The summed E-state index contributed by atoms with van der Waals surface area (Å²) in [6.45, 7) is 9.03. The molecule has 31 heavy (non-hydrogen) atoms. The second-order valence-electron chi connectivity index (χ2n) is 11.1. The van der Waals surface area contributed by atoms with Gasteiger partial charge in [0, 0.05) is 18.4 Å². The zero-order chi connectivity index (χ0) is 21.6. The van der Waals surface area contributed by atoms with Gasteiger partial charge in [-0.05, 0) is 88.8 Å². The first-order valence-corrected chi connectivity index (χ1v) is 12.4. The minimum atomic E-state index is 0.141. The van der Waals surface area contributed by atoms with Crippen molar-refractivity contribution in [1.82, 2.24) is 14.9 Å². The first kappa shape index (κ1) is 21.1. The average molecular weight is 424 g/mol. The lowest BCUT2D eigenvalue weighted by molar-refractivity contribution is -0.120. The molecule has 0 bridgehead atoms. The van der Waals surface area contributed by atoms with Gasteiger partial charge in [-0.15, -0.1) is 0 Å². The van der Waals surface area contributed by atoms with E-state index in [-0.39, 0.29) is 12.0 Å². The van der Waals surface area contributed by atoms with Gasteiger partial charge in [-0.25, -0.2) is 9.97 Å². The number of likely N-dealkylation sites (tertiary alicyclic amines) is 1. The van der Waals surface area contributed by atoms with Crippen molar-refractivity contribution in [2.75, 3.05) is 13.1 Å². The summed E-state index contributed by atoms with van der Waals surface area (Å²) < 4.78 is 6.52. The van der Waals surface area contributed by atoms with Crippen LogP contribution in [0.3, 0.4) is 0 Å². The van der Waals surface area contributed by atoms with Crippen LogP contribution >= 0.6 is 0 Å². The minimum absolute atomic E-state index is 0.141. The highest BCUT2D eigenvalue weighted by molar-refractivity contribution is 5.85. The number of fused-ring (bicyclic) bond motifs is 2. The van der Waals surface area contributed by atoms with Crippen LogP contribution in [0.1, 0.15) is 89.8 Å². The first-order chi connectivity index (χ1) is 14.9. The summed E-state index contributed by atoms with van der Waals surface area (Å²) in [5.74, 6) is 1.21. The lowest BCUT2D eigenvalue weighted by Gasteiger charge is -2.43. The highest BCUT2D eigenvalue weighted by Crippen LogP contribution is 2.46. The predicted molar refractivity (Wildman–Crippen MR) is 122 cm³/mol. The maximum absolute atomic E-state index is 12.0. The van der Waals surface area contributed by atoms with E-state index in [1.165, 1.54) is 49.9 Å². The van der Waals surface area contributed by atoms with Crippen LogP contribution in [0, 0.1) is 11.3 Å². The molecule has 1 aromatic heterocycles. The van der Waals surface area contributed by atoms with Gasteiger partial charge in [0.05, 0.1) is 11.3 Å². The van der Waals surface area contributed by atoms with Gasteiger partial charge in [-0.1, -0.05) is 19.4 Å². The number of carbonyl (C=O) groups excluding carboxylic acids is 1. The van der Waals surface area contributed by atoms with Gasteiger partial charge in [-0.2, -0.15) is 0 Å². The number of carbonyl (C=O) groups is 1. The molecule has 0 aromatic carbocycles. The molecule has 0 radical (unpaired) electrons. The van der Waals surface area contributed by atoms with E-state index in [1.807, 2.05) is 0 Å². The van der Waals surface area contributed by atoms with Crippen molar-refractivity contribution in [2.45, 2.75) is 97.1 Å². The standard InChI is InChI=1S/C26H37N3O2/c1-17(30)18-4-5-19-15-23-24(22(19)14-18)25(28-16-27-23)31-21-8-6-20(7-9-21)29-12-10-26(2,3)11-13-29/h16,18,20-21H,4-15H2,1-3H3/t18-,20?,21?/m0/s1. The van der Waals surface area contributed by atoms with Crippen LogP contribution in [0.4, 0.5) is 0 Å². The van der Waals surface area contributed by atoms with E-state index in [9.17, 15) is 4.79 Å². The molecule has 0 spiro atoms. The molecule has 1 atom stereocenters. The quantitative estimate of drug-likeness (QED) is 0.683. The minimum Gasteiger partial charge on any atom is -0.474 e. The van der Waals surface area contributed by atoms with Crippen LogP contribution in [-0.4, -0.2) is 45.9 Å². The maximum atomic E-state index is 12.0. The summed E-state index contributed by atoms with van der Waals surface area (Å²) in [4.78, 5) is 23.9. The molecule has 0 N–H and O–H groups in total. The maximum Gasteiger partial charge on any atom is 0.224 e. The Morgan fingerprint density at radius 1 is 1.10 bits per heavy atom. The van der Waals surface area contributed by atoms with Crippen molar-refractivity contribution in [3.8, 4) is 5.88 Å².